The zero-order chi connectivity index (χ0) is 19.8. The Hall–Kier alpha value is -2.61. The molecule has 1 aliphatic heterocycles. The van der Waals surface area contributed by atoms with E-state index in [4.69, 9.17) is 4.74 Å². The number of hydrogen-bond donors (Lipinski definition) is 2. The molecule has 2 amide bonds. The smallest absolute Gasteiger partial charge is 0.412 e. The average molecular weight is 401 g/mol. The van der Waals surface area contributed by atoms with Crippen LogP contribution in [-0.2, 0) is 6.42 Å². The molecule has 0 saturated heterocycles. The number of carbonyl (C=O) groups is 2. The maximum Gasteiger partial charge on any atom is 0.412 e. The highest BCUT2D eigenvalue weighted by Crippen LogP contribution is 2.44. The zero-order valence-corrected chi connectivity index (χ0v) is 16.7. The SMILES string of the molecule is CNC(=O)c1nc(-c2ccc3c(c2OC2CCC2)CCC(C)N3C(=O)O)cs1. The molecule has 7 nitrogen and oxygen atoms in total. The first-order valence-electron chi connectivity index (χ1n) is 9.52. The van der Waals surface area contributed by atoms with E-state index in [1.807, 2.05) is 24.4 Å². The molecule has 4 rings (SSSR count). The summed E-state index contributed by atoms with van der Waals surface area (Å²) in [6.45, 7) is 1.92. The number of rotatable bonds is 4. The van der Waals surface area contributed by atoms with E-state index in [9.17, 15) is 14.7 Å². The molecule has 2 heterocycles. The first-order chi connectivity index (χ1) is 13.5. The first kappa shape index (κ1) is 18.7. The number of ether oxygens (including phenoxy) is 1. The number of nitrogens with zero attached hydrogens (tertiary/aromatic N) is 2. The summed E-state index contributed by atoms with van der Waals surface area (Å²) in [5.74, 6) is 0.496. The summed E-state index contributed by atoms with van der Waals surface area (Å²) in [7, 11) is 1.58. The number of hydrogen-bond acceptors (Lipinski definition) is 5. The van der Waals surface area contributed by atoms with Gasteiger partial charge in [0, 0.05) is 29.6 Å². The van der Waals surface area contributed by atoms with Gasteiger partial charge >= 0.3 is 6.09 Å². The highest BCUT2D eigenvalue weighted by Gasteiger charge is 2.33. The molecule has 2 N–H and O–H groups in total. The Balaban J connectivity index is 1.81. The van der Waals surface area contributed by atoms with Gasteiger partial charge < -0.3 is 15.2 Å². The van der Waals surface area contributed by atoms with Gasteiger partial charge in [-0.15, -0.1) is 11.3 Å². The van der Waals surface area contributed by atoms with E-state index >= 15 is 0 Å². The molecular weight excluding hydrogens is 378 g/mol. The van der Waals surface area contributed by atoms with Gasteiger partial charge in [0.25, 0.3) is 5.91 Å². The van der Waals surface area contributed by atoms with Crippen LogP contribution in [0.2, 0.25) is 0 Å². The molecule has 28 heavy (non-hydrogen) atoms. The number of nitrogens with one attached hydrogen (secondary N) is 1. The summed E-state index contributed by atoms with van der Waals surface area (Å²) in [6.07, 6.45) is 3.84. The Bertz CT molecular complexity index is 922. The van der Waals surface area contributed by atoms with E-state index < -0.39 is 6.09 Å². The lowest BCUT2D eigenvalue weighted by Gasteiger charge is -2.36. The summed E-state index contributed by atoms with van der Waals surface area (Å²) in [6, 6.07) is 3.62. The Kier molecular flexibility index (Phi) is 4.97. The second-order valence-corrected chi connectivity index (χ2v) is 8.13. The minimum atomic E-state index is -0.952. The van der Waals surface area contributed by atoms with E-state index in [0.29, 0.717) is 22.1 Å². The summed E-state index contributed by atoms with van der Waals surface area (Å²) >= 11 is 1.28. The van der Waals surface area contributed by atoms with Crippen LogP contribution in [0.5, 0.6) is 5.75 Å². The highest BCUT2D eigenvalue weighted by molar-refractivity contribution is 7.12. The van der Waals surface area contributed by atoms with Crippen LogP contribution in [0.3, 0.4) is 0 Å². The van der Waals surface area contributed by atoms with E-state index in [1.54, 1.807) is 7.05 Å². The lowest BCUT2D eigenvalue weighted by molar-refractivity contribution is 0.0962. The van der Waals surface area contributed by atoms with Crippen LogP contribution in [0.1, 0.15) is 48.0 Å². The number of aromatic nitrogens is 1. The minimum Gasteiger partial charge on any atom is -0.489 e. The van der Waals surface area contributed by atoms with Gasteiger partial charge in [0.15, 0.2) is 5.01 Å². The van der Waals surface area contributed by atoms with Crippen LogP contribution >= 0.6 is 11.3 Å². The van der Waals surface area contributed by atoms with Crippen molar-refractivity contribution < 1.29 is 19.4 Å². The Labute approximate surface area is 167 Å². The third-order valence-electron chi connectivity index (χ3n) is 5.49. The molecule has 8 heteroatoms. The predicted octanol–water partition coefficient (Wildman–Crippen LogP) is 3.92. The lowest BCUT2D eigenvalue weighted by Crippen LogP contribution is -2.41. The van der Waals surface area contributed by atoms with Crippen LogP contribution in [-0.4, -0.2) is 41.3 Å². The lowest BCUT2D eigenvalue weighted by atomic mass is 9.92. The van der Waals surface area contributed by atoms with Gasteiger partial charge in [0.05, 0.1) is 17.5 Å². The van der Waals surface area contributed by atoms with Crippen molar-refractivity contribution in [1.29, 1.82) is 0 Å². The largest absolute Gasteiger partial charge is 0.489 e. The monoisotopic (exact) mass is 401 g/mol. The summed E-state index contributed by atoms with van der Waals surface area (Å²) in [5, 5.41) is 14.5. The molecule has 1 aliphatic carbocycles. The van der Waals surface area contributed by atoms with Crippen molar-refractivity contribution in [1.82, 2.24) is 10.3 Å². The van der Waals surface area contributed by atoms with Gasteiger partial charge in [-0.25, -0.2) is 9.78 Å². The number of carbonyl (C=O) groups excluding carboxylic acids is 1. The maximum absolute atomic E-state index is 11.9. The van der Waals surface area contributed by atoms with Crippen LogP contribution in [0.15, 0.2) is 17.5 Å². The number of fused-ring (bicyclic) bond motifs is 1. The predicted molar refractivity (Wildman–Crippen MR) is 107 cm³/mol. The van der Waals surface area contributed by atoms with E-state index in [-0.39, 0.29) is 18.1 Å². The third-order valence-corrected chi connectivity index (χ3v) is 6.33. The second-order valence-electron chi connectivity index (χ2n) is 7.27. The molecule has 148 valence electrons. The van der Waals surface area contributed by atoms with Crippen LogP contribution in [0.4, 0.5) is 10.5 Å². The quantitative estimate of drug-likeness (QED) is 0.810. The Morgan fingerprint density at radius 1 is 1.32 bits per heavy atom. The zero-order valence-electron chi connectivity index (χ0n) is 15.9. The molecule has 0 bridgehead atoms. The number of carboxylic acid groups (broad SMARTS) is 1. The van der Waals surface area contributed by atoms with Crippen molar-refractivity contribution in [3.05, 3.63) is 28.1 Å². The van der Waals surface area contributed by atoms with Crippen LogP contribution in [0, 0.1) is 0 Å². The van der Waals surface area contributed by atoms with Crippen molar-refractivity contribution in [3.8, 4) is 17.0 Å². The van der Waals surface area contributed by atoms with Crippen molar-refractivity contribution in [2.75, 3.05) is 11.9 Å². The first-order valence-corrected chi connectivity index (χ1v) is 10.4. The third kappa shape index (κ3) is 3.22. The molecule has 2 aliphatic rings. The molecule has 0 radical (unpaired) electrons. The fraction of sp³-hybridized carbons (Fsp3) is 0.450. The van der Waals surface area contributed by atoms with E-state index in [2.05, 4.69) is 10.3 Å². The number of benzene rings is 1. The van der Waals surface area contributed by atoms with Gasteiger partial charge in [0.1, 0.15) is 5.75 Å². The second kappa shape index (κ2) is 7.43. The van der Waals surface area contributed by atoms with Gasteiger partial charge in [-0.05, 0) is 51.2 Å². The van der Waals surface area contributed by atoms with Gasteiger partial charge in [0.2, 0.25) is 0 Å². The number of anilines is 1. The minimum absolute atomic E-state index is 0.0773. The molecule has 1 atom stereocenters. The van der Waals surface area contributed by atoms with Gasteiger partial charge in [-0.1, -0.05) is 0 Å². The van der Waals surface area contributed by atoms with Crippen LogP contribution in [0.25, 0.3) is 11.3 Å². The van der Waals surface area contributed by atoms with Crippen molar-refractivity contribution in [3.63, 3.8) is 0 Å². The molecule has 2 aromatic rings. The molecule has 1 aromatic heterocycles. The highest BCUT2D eigenvalue weighted by atomic mass is 32.1. The normalized spacial score (nSPS) is 18.9. The molecule has 1 fully saturated rings. The standard InChI is InChI=1S/C20H23N3O4S/c1-11-6-7-14-16(23(11)20(25)26)9-8-13(17(14)27-12-4-3-5-12)15-10-28-19(22-15)18(24)21-2/h8-12H,3-7H2,1-2H3,(H,21,24)(H,25,26). The van der Waals surface area contributed by atoms with Crippen LogP contribution < -0.4 is 15.0 Å². The number of thiazole rings is 1. The maximum atomic E-state index is 11.9. The molecule has 0 spiro atoms. The summed E-state index contributed by atoms with van der Waals surface area (Å²) in [4.78, 5) is 29.6. The van der Waals surface area contributed by atoms with Gasteiger partial charge in [-0.2, -0.15) is 0 Å². The summed E-state index contributed by atoms with van der Waals surface area (Å²) in [5.41, 5.74) is 3.10. The summed E-state index contributed by atoms with van der Waals surface area (Å²) < 4.78 is 6.34. The number of amides is 2. The Morgan fingerprint density at radius 2 is 2.11 bits per heavy atom. The van der Waals surface area contributed by atoms with Gasteiger partial charge in [-0.3, -0.25) is 9.69 Å². The fourth-order valence-corrected chi connectivity index (χ4v) is 4.46. The fourth-order valence-electron chi connectivity index (χ4n) is 3.70. The molecule has 1 saturated carbocycles. The van der Waals surface area contributed by atoms with Crippen molar-refractivity contribution >= 4 is 29.0 Å². The topological polar surface area (TPSA) is 91.8 Å². The molecule has 1 aromatic carbocycles. The van der Waals surface area contributed by atoms with E-state index in [0.717, 1.165) is 43.2 Å². The van der Waals surface area contributed by atoms with Crippen molar-refractivity contribution in [2.24, 2.45) is 0 Å². The average Bonchev–Trinajstić information content (AvgIpc) is 3.13. The van der Waals surface area contributed by atoms with E-state index in [1.165, 1.54) is 16.2 Å². The Morgan fingerprint density at radius 3 is 2.75 bits per heavy atom. The molecule has 1 unspecified atom stereocenters. The van der Waals surface area contributed by atoms with Crippen molar-refractivity contribution in [2.45, 2.75) is 51.2 Å². The molecular formula is C20H23N3O4S.